The number of hydrogen-bond donors (Lipinski definition) is 8. The Hall–Kier alpha value is -8.82. The van der Waals surface area contributed by atoms with Gasteiger partial charge in [-0.25, -0.2) is 47.3 Å². The molecule has 8 N–H and O–H groups in total. The molecule has 6 aromatic carbocycles. The molecule has 33 heteroatoms. The average molecular weight is 2160 g/mol. The molecule has 6 amide bonds. The second-order valence-corrected chi connectivity index (χ2v) is 42.4. The topological polar surface area (TPSA) is 303 Å². The van der Waals surface area contributed by atoms with Gasteiger partial charge in [0.15, 0.2) is 23.3 Å². The molecular weight excluding hydrogens is 2030 g/mol. The summed E-state index contributed by atoms with van der Waals surface area (Å²) >= 11 is 7.02. The molecule has 8 aromatic rings. The maximum absolute atomic E-state index is 14.7. The number of thiazole rings is 2. The van der Waals surface area contributed by atoms with E-state index in [0.29, 0.717) is 32.8 Å². The number of aromatic nitrogens is 2. The maximum atomic E-state index is 14.7. The van der Waals surface area contributed by atoms with E-state index < -0.39 is 105 Å². The molecule has 0 unspecified atom stereocenters. The summed E-state index contributed by atoms with van der Waals surface area (Å²) in [5.74, 6) is -10.2. The second kappa shape index (κ2) is 55.4. The Bertz CT molecular complexity index is 5290. The van der Waals surface area contributed by atoms with E-state index in [9.17, 15) is 74.9 Å². The molecule has 0 aliphatic carbocycles. The fraction of sp³-hybridized carbons (Fsp3) is 0.519. The number of unbranched alkanes of at least 4 members (excludes halogenated alkanes) is 18. The molecule has 2 aliphatic rings. The number of Topliss-reactive ketones (excluding diaryl/α,β-unsaturated/α-hetero) is 2. The number of β-amino-alcohol motifs (C(OH)–C–C–N with tert-alkyl or cyclic N) is 2. The second-order valence-electron chi connectivity index (χ2n) is 38.2. The van der Waals surface area contributed by atoms with Crippen molar-refractivity contribution in [2.75, 3.05) is 57.1 Å². The molecular formula is C104H135F6I2N11O12S2. The number of hydroxylamine groups is 2. The van der Waals surface area contributed by atoms with Crippen molar-refractivity contribution in [1.29, 1.82) is 0 Å². The van der Waals surface area contributed by atoms with Crippen LogP contribution in [0.1, 0.15) is 284 Å². The standard InChI is InChI=1S/C52H68F3IN6O6S.C52H67F3IN5O6S/c1-33(35-17-19-36(20-18-35)48-34(2)57-32-69-48)58-50(66)45-30-39(64)31-62(45)51(67)41(52(3,4)5)29-38(63)16-13-11-9-7-8-10-12-14-25-61(6)26-15-27-68-60-49(65)40-22-23-42(53)46(55)47(40)59-44-24-21-37(56)28-43(44)54;1-33(35-19-21-36(22-20-35)48-34(2)57-32-68-48)58-50(65)45-30-39(63)31-61(45)51(66)41(52(3,4)5)29-38(62)18-16-14-12-10-8-6-7-9-11-13-15-17-27-67-60-49(64)40-24-25-42(53)46(55)47(40)59-44-26-23-37(56)28-43(44)54/h17-24,28,32-33,39,41,45,59,64H,7-16,25-27,29-31H2,1-6H3,(H,58,66)(H,60,65);19-26,28,32-33,39,41,45,59,63H,6-18,27,29-31H2,1-5H3,(H,58,65)(H,60,64)/t2*33-,39+,41+,45-/m00/s1. The van der Waals surface area contributed by atoms with Gasteiger partial charge in [-0.2, -0.15) is 0 Å². The van der Waals surface area contributed by atoms with Crippen molar-refractivity contribution in [2.45, 2.75) is 279 Å². The number of aliphatic hydroxyl groups is 2. The number of anilines is 4. The number of likely N-dealkylation sites (tertiary alicyclic amines) is 2. The van der Waals surface area contributed by atoms with Crippen LogP contribution in [0.5, 0.6) is 0 Å². The van der Waals surface area contributed by atoms with Crippen molar-refractivity contribution in [3.63, 3.8) is 0 Å². The first kappa shape index (κ1) is 112. The highest BCUT2D eigenvalue weighted by Crippen LogP contribution is 2.39. The summed E-state index contributed by atoms with van der Waals surface area (Å²) in [6.07, 6.45) is 20.5. The van der Waals surface area contributed by atoms with E-state index in [1.54, 1.807) is 34.8 Å². The number of nitrogens with one attached hydrogen (secondary N) is 6. The van der Waals surface area contributed by atoms with Gasteiger partial charge in [-0.3, -0.25) is 48.0 Å². The van der Waals surface area contributed by atoms with Gasteiger partial charge in [-0.15, -0.1) is 22.7 Å². The minimum atomic E-state index is -1.31. The number of amides is 6. The lowest BCUT2D eigenvalue weighted by molar-refractivity contribution is -0.146. The smallest absolute Gasteiger partial charge is 0.277 e. The van der Waals surface area contributed by atoms with Gasteiger partial charge in [-0.05, 0) is 212 Å². The van der Waals surface area contributed by atoms with Gasteiger partial charge >= 0.3 is 0 Å². The summed E-state index contributed by atoms with van der Waals surface area (Å²) in [6.45, 7) is 21.6. The number of ketones is 2. The SMILES string of the molecule is Cc1ncsc1-c1ccc([C@H](C)NC(=O)[C@@H]2C[C@@H](O)CN2C(=O)[C@@H](CC(=O)CCCCCCCCCCCCCCONC(=O)c2ccc(F)c(F)c2Nc2ccc(I)cc2F)C(C)(C)C)cc1.Cc1ncsc1-c1ccc([C@H](C)NC(=O)[C@@H]2C[C@@H](O)CN2C(=O)[C@@H](CC(=O)CCCCCCCCCCN(C)CCCONC(=O)c2ccc(F)c(F)c2Nc2ccc(I)cc2F)C(C)(C)C)cc1. The summed E-state index contributed by atoms with van der Waals surface area (Å²) in [5, 5.41) is 32.4. The van der Waals surface area contributed by atoms with Crippen LogP contribution < -0.4 is 32.2 Å². The Labute approximate surface area is 837 Å². The number of benzene rings is 6. The largest absolute Gasteiger partial charge is 0.391 e. The van der Waals surface area contributed by atoms with Gasteiger partial charge < -0.3 is 46.2 Å². The first-order chi connectivity index (χ1) is 65.3. The number of hydrogen-bond acceptors (Lipinski definition) is 19. The normalized spacial score (nSPS) is 15.8. The van der Waals surface area contributed by atoms with Crippen LogP contribution >= 0.6 is 67.9 Å². The lowest BCUT2D eigenvalue weighted by atomic mass is 9.76. The average Bonchev–Trinajstić information content (AvgIpc) is 1.02. The number of carbonyl (C=O) groups excluding carboxylic acids is 8. The Kier molecular flexibility index (Phi) is 45.2. The zero-order valence-electron chi connectivity index (χ0n) is 80.6. The van der Waals surface area contributed by atoms with Crippen molar-refractivity contribution in [3.8, 4) is 20.9 Å². The third-order valence-corrected chi connectivity index (χ3v) is 28.5. The maximum Gasteiger partial charge on any atom is 0.277 e. The fourth-order valence-electron chi connectivity index (χ4n) is 17.1. The molecule has 137 heavy (non-hydrogen) atoms. The molecule has 2 aromatic heterocycles. The summed E-state index contributed by atoms with van der Waals surface area (Å²) in [4.78, 5) is 134. The summed E-state index contributed by atoms with van der Waals surface area (Å²) in [5.41, 5.74) is 11.4. The molecule has 10 rings (SSSR count). The minimum absolute atomic E-state index is 0.0380. The third kappa shape index (κ3) is 34.8. The highest BCUT2D eigenvalue weighted by Gasteiger charge is 2.47. The van der Waals surface area contributed by atoms with Crippen molar-refractivity contribution < 1.29 is 84.6 Å². The highest BCUT2D eigenvalue weighted by molar-refractivity contribution is 14.1. The molecule has 4 heterocycles. The van der Waals surface area contributed by atoms with Crippen LogP contribution in [0.25, 0.3) is 20.9 Å². The van der Waals surface area contributed by atoms with E-state index in [0.717, 1.165) is 203 Å². The summed E-state index contributed by atoms with van der Waals surface area (Å²) in [7, 11) is 2.02. The minimum Gasteiger partial charge on any atom is -0.391 e. The highest BCUT2D eigenvalue weighted by atomic mass is 127. The Morgan fingerprint density at radius 3 is 1.16 bits per heavy atom. The predicted octanol–water partition coefficient (Wildman–Crippen LogP) is 22.9. The zero-order chi connectivity index (χ0) is 99.6. The number of halogens is 8. The number of carbonyl (C=O) groups is 8. The van der Waals surface area contributed by atoms with Crippen molar-refractivity contribution in [1.82, 2.24) is 46.3 Å². The van der Waals surface area contributed by atoms with Crippen LogP contribution in [0, 0.1) is 78.6 Å². The molecule has 2 saturated heterocycles. The predicted molar refractivity (Wildman–Crippen MR) is 543 cm³/mol. The van der Waals surface area contributed by atoms with Crippen molar-refractivity contribution >= 4 is 138 Å². The first-order valence-corrected chi connectivity index (χ1v) is 51.7. The van der Waals surface area contributed by atoms with Crippen LogP contribution in [0.4, 0.5) is 49.1 Å². The summed E-state index contributed by atoms with van der Waals surface area (Å²) < 4.78 is 87.5. The number of nitrogens with zero attached hydrogens (tertiary/aromatic N) is 5. The van der Waals surface area contributed by atoms with Crippen LogP contribution in [0.2, 0.25) is 0 Å². The van der Waals surface area contributed by atoms with Gasteiger partial charge in [-0.1, -0.05) is 193 Å². The van der Waals surface area contributed by atoms with E-state index in [2.05, 4.69) is 47.1 Å². The molecule has 2 fully saturated rings. The number of aliphatic hydroxyl groups excluding tert-OH is 2. The summed E-state index contributed by atoms with van der Waals surface area (Å²) in [6, 6.07) is 26.0. The van der Waals surface area contributed by atoms with Gasteiger partial charge in [0.1, 0.15) is 35.3 Å². The molecule has 8 atom stereocenters. The van der Waals surface area contributed by atoms with E-state index in [1.165, 1.54) is 34.1 Å². The molecule has 0 bridgehead atoms. The van der Waals surface area contributed by atoms with Crippen molar-refractivity contribution in [2.24, 2.45) is 22.7 Å². The Balaban J connectivity index is 0.000000307. The van der Waals surface area contributed by atoms with Gasteiger partial charge in [0.2, 0.25) is 23.6 Å². The Morgan fingerprint density at radius 2 is 0.810 bits per heavy atom. The van der Waals surface area contributed by atoms with Gasteiger partial charge in [0.05, 0.1) is 104 Å². The van der Waals surface area contributed by atoms with E-state index in [-0.39, 0.29) is 122 Å². The van der Waals surface area contributed by atoms with Crippen LogP contribution in [0.15, 0.2) is 120 Å². The van der Waals surface area contributed by atoms with E-state index in [1.807, 2.05) is 181 Å². The zero-order valence-corrected chi connectivity index (χ0v) is 86.5. The lowest BCUT2D eigenvalue weighted by Gasteiger charge is -2.35. The third-order valence-electron chi connectivity index (χ3n) is 25.2. The molecule has 2 aliphatic heterocycles. The van der Waals surface area contributed by atoms with Gasteiger partial charge in [0, 0.05) is 77.1 Å². The molecule has 746 valence electrons. The van der Waals surface area contributed by atoms with E-state index >= 15 is 0 Å². The Morgan fingerprint density at radius 1 is 0.467 bits per heavy atom. The van der Waals surface area contributed by atoms with Crippen LogP contribution in [0.3, 0.4) is 0 Å². The molecule has 0 spiro atoms. The molecule has 23 nitrogen and oxygen atoms in total. The lowest BCUT2D eigenvalue weighted by Crippen LogP contribution is -2.50. The van der Waals surface area contributed by atoms with Crippen molar-refractivity contribution in [3.05, 3.63) is 196 Å². The fourth-order valence-corrected chi connectivity index (χ4v) is 19.6. The first-order valence-electron chi connectivity index (χ1n) is 47.8. The number of aryl methyl sites for hydroxylation is 2. The van der Waals surface area contributed by atoms with Crippen LogP contribution in [-0.4, -0.2) is 153 Å². The van der Waals surface area contributed by atoms with Gasteiger partial charge in [0.25, 0.3) is 11.8 Å². The van der Waals surface area contributed by atoms with Crippen LogP contribution in [-0.2, 0) is 38.4 Å². The van der Waals surface area contributed by atoms with E-state index in [4.69, 9.17) is 9.68 Å². The molecule has 0 radical (unpaired) electrons. The monoisotopic (exact) mass is 2160 g/mol. The number of rotatable bonds is 52. The molecule has 0 saturated carbocycles. The quantitative estimate of drug-likeness (QED) is 0.00760.